The Morgan fingerprint density at radius 3 is 2.33 bits per heavy atom. The van der Waals surface area contributed by atoms with Crippen LogP contribution >= 0.6 is 0 Å². The van der Waals surface area contributed by atoms with Gasteiger partial charge >= 0.3 is 5.69 Å². The second kappa shape index (κ2) is 17.1. The number of amides is 3. The predicted octanol–water partition coefficient (Wildman–Crippen LogP) is 4.29. The molecule has 1 aliphatic carbocycles. The van der Waals surface area contributed by atoms with Crippen LogP contribution in [0.3, 0.4) is 0 Å². The van der Waals surface area contributed by atoms with Crippen molar-refractivity contribution in [1.29, 1.82) is 0 Å². The number of benzene rings is 2. The number of aromatic nitrogens is 5. The summed E-state index contributed by atoms with van der Waals surface area (Å²) in [7, 11) is 1.72. The zero-order valence-corrected chi connectivity index (χ0v) is 34.3. The summed E-state index contributed by atoms with van der Waals surface area (Å²) in [6.45, 7) is 3.57. The molecule has 3 amide bonds. The Balaban J connectivity index is 0.727. The summed E-state index contributed by atoms with van der Waals surface area (Å²) >= 11 is 0. The van der Waals surface area contributed by atoms with Gasteiger partial charge in [-0.1, -0.05) is 18.2 Å². The fourth-order valence-electron chi connectivity index (χ4n) is 9.76. The number of nitrogens with one attached hydrogen (secondary N) is 3. The van der Waals surface area contributed by atoms with Crippen molar-refractivity contribution in [2.75, 3.05) is 36.4 Å². The van der Waals surface area contributed by atoms with E-state index in [2.05, 4.69) is 35.7 Å². The molecular weight excluding hydrogens is 780 g/mol. The van der Waals surface area contributed by atoms with Crippen LogP contribution in [-0.2, 0) is 21.4 Å². The zero-order valence-electron chi connectivity index (χ0n) is 34.3. The molecule has 0 spiro atoms. The van der Waals surface area contributed by atoms with Crippen molar-refractivity contribution < 1.29 is 18.8 Å². The van der Waals surface area contributed by atoms with E-state index in [1.807, 2.05) is 18.2 Å². The van der Waals surface area contributed by atoms with E-state index in [4.69, 9.17) is 0 Å². The number of imide groups is 1. The van der Waals surface area contributed by atoms with Crippen molar-refractivity contribution in [2.24, 2.45) is 13.0 Å². The number of carbonyl (C=O) groups excluding carboxylic acids is 3. The summed E-state index contributed by atoms with van der Waals surface area (Å²) in [4.78, 5) is 77.0. The highest BCUT2D eigenvalue weighted by atomic mass is 19.1. The fourth-order valence-corrected chi connectivity index (χ4v) is 9.76. The number of piperidine rings is 3. The largest absolute Gasteiger partial charge is 0.371 e. The summed E-state index contributed by atoms with van der Waals surface area (Å²) < 4.78 is 19.6. The highest BCUT2D eigenvalue weighted by molar-refractivity contribution is 6.00. The van der Waals surface area contributed by atoms with E-state index in [-0.39, 0.29) is 53.2 Å². The molecule has 1 saturated carbocycles. The lowest BCUT2D eigenvalue weighted by molar-refractivity contribution is -0.135. The van der Waals surface area contributed by atoms with Crippen LogP contribution in [-0.4, -0.2) is 90.6 Å². The molecule has 4 fully saturated rings. The van der Waals surface area contributed by atoms with Crippen LogP contribution in [0.25, 0.3) is 28.0 Å². The lowest BCUT2D eigenvalue weighted by Crippen LogP contribution is -2.50. The third-order valence-electron chi connectivity index (χ3n) is 13.2. The van der Waals surface area contributed by atoms with Gasteiger partial charge in [-0.05, 0) is 107 Å². The van der Waals surface area contributed by atoms with E-state index in [0.29, 0.717) is 35.2 Å². The molecule has 3 saturated heterocycles. The average molecular weight is 831 g/mol. The topological polar surface area (TPSA) is 168 Å². The van der Waals surface area contributed by atoms with Crippen LogP contribution in [0.5, 0.6) is 0 Å². The van der Waals surface area contributed by atoms with Gasteiger partial charge in [0.15, 0.2) is 5.82 Å². The van der Waals surface area contributed by atoms with E-state index in [1.54, 1.807) is 54.2 Å². The van der Waals surface area contributed by atoms with Crippen molar-refractivity contribution in [3.05, 3.63) is 99.7 Å². The molecule has 3 N–H and O–H groups in total. The summed E-state index contributed by atoms with van der Waals surface area (Å²) in [6, 6.07) is 17.9. The Kier molecular flexibility index (Phi) is 11.3. The molecule has 5 aromatic rings. The van der Waals surface area contributed by atoms with Crippen LogP contribution in [0.1, 0.15) is 70.3 Å². The normalized spacial score (nSPS) is 22.0. The fraction of sp³-hybridized carbons (Fsp3) is 0.444. The number of hydrogen-bond acceptors (Lipinski definition) is 10. The van der Waals surface area contributed by atoms with Gasteiger partial charge in [-0.15, -0.1) is 0 Å². The van der Waals surface area contributed by atoms with Crippen molar-refractivity contribution >= 4 is 40.4 Å². The van der Waals surface area contributed by atoms with Gasteiger partial charge in [-0.2, -0.15) is 0 Å². The van der Waals surface area contributed by atoms with Gasteiger partial charge in [0.25, 0.3) is 5.56 Å². The minimum Gasteiger partial charge on any atom is -0.371 e. The molecule has 61 heavy (non-hydrogen) atoms. The van der Waals surface area contributed by atoms with Gasteiger partial charge in [-0.3, -0.25) is 38.2 Å². The van der Waals surface area contributed by atoms with Gasteiger partial charge in [-0.25, -0.2) is 19.2 Å². The number of hydrogen-bond donors (Lipinski definition) is 3. The second-order valence-corrected chi connectivity index (χ2v) is 16.9. The SMILES string of the molecule is Cn1c(=O)n(C2CCC(=O)NC2=O)c2ccc(N3CCC(N4CCC(C(=O)N[C@H]5CC[C@H](Nc6ncc(F)c(-c7cccc(-n8ccccc8=O)c7)n6)CC5)CC4)CC3)cc21. The van der Waals surface area contributed by atoms with Crippen LogP contribution in [0.15, 0.2) is 82.6 Å². The van der Waals surface area contributed by atoms with Crippen molar-refractivity contribution in [3.63, 3.8) is 0 Å². The predicted molar refractivity (Wildman–Crippen MR) is 229 cm³/mol. The smallest absolute Gasteiger partial charge is 0.329 e. The molecule has 0 bridgehead atoms. The van der Waals surface area contributed by atoms with Crippen molar-refractivity contribution in [2.45, 2.75) is 88.4 Å². The third kappa shape index (κ3) is 8.32. The summed E-state index contributed by atoms with van der Waals surface area (Å²) in [6.07, 6.45) is 10.4. The molecule has 15 nitrogen and oxygen atoms in total. The van der Waals surface area contributed by atoms with Crippen LogP contribution in [0.4, 0.5) is 16.0 Å². The monoisotopic (exact) mass is 830 g/mol. The van der Waals surface area contributed by atoms with Gasteiger partial charge in [0.1, 0.15) is 11.7 Å². The summed E-state index contributed by atoms with van der Waals surface area (Å²) in [5.41, 5.74) is 3.36. The second-order valence-electron chi connectivity index (χ2n) is 16.9. The van der Waals surface area contributed by atoms with E-state index >= 15 is 0 Å². The average Bonchev–Trinajstić information content (AvgIpc) is 3.53. The third-order valence-corrected chi connectivity index (χ3v) is 13.2. The molecular formula is C45H51FN10O5. The standard InChI is InChI=1S/C45H51FN10O5/c1-52-38-26-33(12-13-36(38)56(45(52)61)37-14-15-39(57)50-43(37)60)54-23-18-32(19-24-54)53-21-16-28(17-22-53)42(59)48-30-8-10-31(11-9-30)49-44-47-27-35(46)41(51-44)29-5-4-6-34(25-29)55-20-3-2-7-40(55)58/h2-7,12-13,20,25-28,30-32,37H,8-11,14-19,21-24H2,1H3,(H,48,59)(H,47,49,51)(H,50,57,60)/t30-,31-,37?. The minimum atomic E-state index is -0.705. The number of anilines is 2. The molecule has 1 atom stereocenters. The van der Waals surface area contributed by atoms with E-state index in [0.717, 1.165) is 88.7 Å². The molecule has 16 heteroatoms. The molecule has 9 rings (SSSR count). The highest BCUT2D eigenvalue weighted by Crippen LogP contribution is 2.31. The number of halogens is 1. The van der Waals surface area contributed by atoms with Crippen LogP contribution in [0.2, 0.25) is 0 Å². The maximum absolute atomic E-state index is 15.0. The maximum Gasteiger partial charge on any atom is 0.329 e. The van der Waals surface area contributed by atoms with E-state index in [1.165, 1.54) is 21.4 Å². The summed E-state index contributed by atoms with van der Waals surface area (Å²) in [5.74, 6) is -0.796. The Bertz CT molecular complexity index is 2580. The Hall–Kier alpha value is -6.16. The Morgan fingerprint density at radius 2 is 1.57 bits per heavy atom. The number of aryl methyl sites for hydroxylation is 1. The number of carbonyl (C=O) groups is 3. The van der Waals surface area contributed by atoms with Crippen LogP contribution in [0, 0.1) is 11.7 Å². The number of fused-ring (bicyclic) bond motifs is 1. The lowest BCUT2D eigenvalue weighted by Gasteiger charge is -2.42. The number of rotatable bonds is 9. The number of likely N-dealkylation sites (tertiary alicyclic amines) is 1. The lowest BCUT2D eigenvalue weighted by atomic mass is 9.89. The first kappa shape index (κ1) is 40.3. The molecule has 318 valence electrons. The van der Waals surface area contributed by atoms with E-state index in [9.17, 15) is 28.4 Å². The first-order chi connectivity index (χ1) is 29.6. The van der Waals surface area contributed by atoms with Gasteiger partial charge in [0, 0.05) is 79.8 Å². The van der Waals surface area contributed by atoms with E-state index < -0.39 is 17.8 Å². The number of nitrogens with zero attached hydrogens (tertiary/aromatic N) is 7. The molecule has 3 aromatic heterocycles. The van der Waals surface area contributed by atoms with Crippen LogP contribution < -0.4 is 32.1 Å². The maximum atomic E-state index is 15.0. The molecule has 3 aliphatic heterocycles. The highest BCUT2D eigenvalue weighted by Gasteiger charge is 2.34. The number of imidazole rings is 1. The zero-order chi connectivity index (χ0) is 42.2. The quantitative estimate of drug-likeness (QED) is 0.183. The molecule has 2 aromatic carbocycles. The summed E-state index contributed by atoms with van der Waals surface area (Å²) in [5, 5.41) is 9.10. The first-order valence-electron chi connectivity index (χ1n) is 21.5. The van der Waals surface area contributed by atoms with Gasteiger partial charge in [0.2, 0.25) is 23.7 Å². The molecule has 6 heterocycles. The Labute approximate surface area is 352 Å². The molecule has 0 radical (unpaired) electrons. The van der Waals surface area contributed by atoms with Gasteiger partial charge in [0.05, 0.1) is 17.2 Å². The molecule has 1 unspecified atom stereocenters. The van der Waals surface area contributed by atoms with Crippen molar-refractivity contribution in [3.8, 4) is 16.9 Å². The first-order valence-corrected chi connectivity index (χ1v) is 21.5. The number of pyridine rings is 1. The van der Waals surface area contributed by atoms with Crippen molar-refractivity contribution in [1.82, 2.24) is 39.2 Å². The molecule has 4 aliphatic rings. The van der Waals surface area contributed by atoms with Gasteiger partial charge < -0.3 is 20.4 Å². The Morgan fingerprint density at radius 1 is 0.803 bits per heavy atom. The minimum absolute atomic E-state index is 0.00287.